The lowest BCUT2D eigenvalue weighted by atomic mass is 9.84. The van der Waals surface area contributed by atoms with Gasteiger partial charge in [0.2, 0.25) is 0 Å². The van der Waals surface area contributed by atoms with Crippen LogP contribution in [0.5, 0.6) is 0 Å². The van der Waals surface area contributed by atoms with Crippen molar-refractivity contribution in [1.29, 1.82) is 10.5 Å². The Bertz CT molecular complexity index is 625. The molecule has 0 amide bonds. The number of dihydropyridines is 1. The van der Waals surface area contributed by atoms with Crippen LogP contribution in [0.4, 0.5) is 0 Å². The van der Waals surface area contributed by atoms with E-state index >= 15 is 0 Å². The molecule has 2 rings (SSSR count). The van der Waals surface area contributed by atoms with Gasteiger partial charge < -0.3 is 23.7 Å². The second kappa shape index (κ2) is 5.19. The topological polar surface area (TPSA) is 85.6 Å². The Hall–Kier alpha value is -2.21. The number of rotatable bonds is 1. The SMILES string of the molecule is N#CC1=C(N)NC([S-])=C(C#N)C1c1ccc(Cl)cc1. The average molecular weight is 288 g/mol. The Morgan fingerprint density at radius 1 is 1.16 bits per heavy atom. The predicted octanol–water partition coefficient (Wildman–Crippen LogP) is 2.00. The van der Waals surface area contributed by atoms with Crippen molar-refractivity contribution in [2.75, 3.05) is 0 Å². The van der Waals surface area contributed by atoms with Crippen LogP contribution in [-0.4, -0.2) is 0 Å². The lowest BCUT2D eigenvalue weighted by molar-refractivity contribution is 0.841. The van der Waals surface area contributed by atoms with Crippen LogP contribution in [0.25, 0.3) is 0 Å². The van der Waals surface area contributed by atoms with Gasteiger partial charge in [-0.2, -0.15) is 10.5 Å². The van der Waals surface area contributed by atoms with Gasteiger partial charge in [-0.1, -0.05) is 28.8 Å². The summed E-state index contributed by atoms with van der Waals surface area (Å²) in [5, 5.41) is 22.0. The van der Waals surface area contributed by atoms with Gasteiger partial charge in [-0.25, -0.2) is 0 Å². The summed E-state index contributed by atoms with van der Waals surface area (Å²) in [6.45, 7) is 0. The van der Waals surface area contributed by atoms with Crippen molar-refractivity contribution < 1.29 is 0 Å². The maximum atomic E-state index is 9.23. The van der Waals surface area contributed by atoms with Crippen LogP contribution in [0.2, 0.25) is 5.02 Å². The van der Waals surface area contributed by atoms with E-state index in [0.29, 0.717) is 10.6 Å². The van der Waals surface area contributed by atoms with Gasteiger partial charge in [-0.15, -0.1) is 0 Å². The zero-order valence-electron chi connectivity index (χ0n) is 9.64. The summed E-state index contributed by atoms with van der Waals surface area (Å²) in [5.41, 5.74) is 7.11. The highest BCUT2D eigenvalue weighted by molar-refractivity contribution is 7.63. The molecule has 19 heavy (non-hydrogen) atoms. The van der Waals surface area contributed by atoms with Gasteiger partial charge >= 0.3 is 0 Å². The van der Waals surface area contributed by atoms with Crippen LogP contribution in [0, 0.1) is 22.7 Å². The van der Waals surface area contributed by atoms with Gasteiger partial charge in [0.15, 0.2) is 0 Å². The first-order valence-corrected chi connectivity index (χ1v) is 6.10. The minimum Gasteiger partial charge on any atom is -0.761 e. The fourth-order valence-electron chi connectivity index (χ4n) is 1.92. The molecule has 0 fully saturated rings. The summed E-state index contributed by atoms with van der Waals surface area (Å²) < 4.78 is 0. The van der Waals surface area contributed by atoms with Crippen molar-refractivity contribution in [3.63, 3.8) is 0 Å². The maximum absolute atomic E-state index is 9.23. The predicted molar refractivity (Wildman–Crippen MR) is 74.2 cm³/mol. The molecule has 0 aliphatic carbocycles. The van der Waals surface area contributed by atoms with Gasteiger partial charge in [0.05, 0.1) is 23.6 Å². The molecule has 0 radical (unpaired) electrons. The van der Waals surface area contributed by atoms with Crippen molar-refractivity contribution in [2.24, 2.45) is 5.73 Å². The highest BCUT2D eigenvalue weighted by Crippen LogP contribution is 2.36. The molecule has 1 unspecified atom stereocenters. The van der Waals surface area contributed by atoms with E-state index in [4.69, 9.17) is 30.0 Å². The second-order valence-corrected chi connectivity index (χ2v) is 4.75. The van der Waals surface area contributed by atoms with Crippen molar-refractivity contribution in [2.45, 2.75) is 5.92 Å². The van der Waals surface area contributed by atoms with E-state index in [2.05, 4.69) is 5.32 Å². The first-order valence-electron chi connectivity index (χ1n) is 5.32. The fraction of sp³-hybridized carbons (Fsp3) is 0.0769. The minimum absolute atomic E-state index is 0.187. The normalized spacial score (nSPS) is 18.6. The standard InChI is InChI=1S/C13H9ClN4S/c14-8-3-1-7(2-4-8)11-9(5-15)12(17)18-13(19)10(11)6-16/h1-4,11,18-19H,17H2/p-1. The summed E-state index contributed by atoms with van der Waals surface area (Å²) in [5.74, 6) is -0.354. The number of allylic oxidation sites excluding steroid dienone is 2. The Morgan fingerprint density at radius 2 is 1.74 bits per heavy atom. The molecular formula is C13H8ClN4S-. The van der Waals surface area contributed by atoms with E-state index in [-0.39, 0.29) is 16.4 Å². The molecule has 1 aliphatic heterocycles. The Kier molecular flexibility index (Phi) is 3.62. The van der Waals surface area contributed by atoms with E-state index in [1.54, 1.807) is 24.3 Å². The Balaban J connectivity index is 2.61. The van der Waals surface area contributed by atoms with Crippen molar-refractivity contribution in [3.05, 3.63) is 56.8 Å². The van der Waals surface area contributed by atoms with Crippen LogP contribution in [-0.2, 0) is 12.6 Å². The smallest absolute Gasteiger partial charge is 0.114 e. The van der Waals surface area contributed by atoms with Crippen molar-refractivity contribution in [1.82, 2.24) is 5.32 Å². The summed E-state index contributed by atoms with van der Waals surface area (Å²) >= 11 is 10.9. The summed E-state index contributed by atoms with van der Waals surface area (Å²) in [6, 6.07) is 11.0. The van der Waals surface area contributed by atoms with Gasteiger partial charge in [0.1, 0.15) is 5.82 Å². The van der Waals surface area contributed by atoms with Crippen molar-refractivity contribution >= 4 is 24.2 Å². The van der Waals surface area contributed by atoms with Crippen molar-refractivity contribution in [3.8, 4) is 12.1 Å². The van der Waals surface area contributed by atoms with Crippen LogP contribution < -0.4 is 11.1 Å². The highest BCUT2D eigenvalue weighted by atomic mass is 35.5. The number of nitrogens with zero attached hydrogens (tertiary/aromatic N) is 2. The molecule has 1 atom stereocenters. The number of nitrogens with one attached hydrogen (secondary N) is 1. The molecule has 1 heterocycles. The van der Waals surface area contributed by atoms with Crippen LogP contribution in [0.15, 0.2) is 46.3 Å². The summed E-state index contributed by atoms with van der Waals surface area (Å²) in [7, 11) is 0. The molecule has 0 saturated heterocycles. The summed E-state index contributed by atoms with van der Waals surface area (Å²) in [4.78, 5) is 0. The second-order valence-electron chi connectivity index (χ2n) is 3.90. The quantitative estimate of drug-likeness (QED) is 0.772. The van der Waals surface area contributed by atoms with Crippen LogP contribution >= 0.6 is 11.6 Å². The lowest BCUT2D eigenvalue weighted by Gasteiger charge is -2.30. The van der Waals surface area contributed by atoms with E-state index in [0.717, 1.165) is 5.56 Å². The number of nitriles is 2. The van der Waals surface area contributed by atoms with Gasteiger partial charge in [0.25, 0.3) is 0 Å². The first-order chi connectivity index (χ1) is 9.08. The number of hydrogen-bond acceptors (Lipinski definition) is 5. The first kappa shape index (κ1) is 13.2. The van der Waals surface area contributed by atoms with Gasteiger partial charge in [-0.05, 0) is 17.7 Å². The zero-order chi connectivity index (χ0) is 14.0. The Morgan fingerprint density at radius 3 is 2.26 bits per heavy atom. The molecule has 1 aromatic rings. The molecule has 0 aromatic heterocycles. The molecule has 3 N–H and O–H groups in total. The lowest BCUT2D eigenvalue weighted by Crippen LogP contribution is -2.29. The average Bonchev–Trinajstić information content (AvgIpc) is 2.39. The largest absolute Gasteiger partial charge is 0.761 e. The third-order valence-corrected chi connectivity index (χ3v) is 3.38. The Labute approximate surface area is 121 Å². The van der Waals surface area contributed by atoms with E-state index in [1.165, 1.54) is 0 Å². The molecule has 94 valence electrons. The molecule has 0 bridgehead atoms. The molecule has 4 nitrogen and oxygen atoms in total. The molecular weight excluding hydrogens is 280 g/mol. The van der Waals surface area contributed by atoms with E-state index in [1.807, 2.05) is 12.1 Å². The van der Waals surface area contributed by atoms with Gasteiger partial charge in [0, 0.05) is 10.6 Å². The molecule has 1 aliphatic rings. The van der Waals surface area contributed by atoms with E-state index < -0.39 is 5.92 Å². The van der Waals surface area contributed by atoms with Crippen LogP contribution in [0.3, 0.4) is 0 Å². The highest BCUT2D eigenvalue weighted by Gasteiger charge is 2.27. The third kappa shape index (κ3) is 2.34. The zero-order valence-corrected chi connectivity index (χ0v) is 11.2. The molecule has 0 saturated carbocycles. The number of hydrogen-bond donors (Lipinski definition) is 2. The molecule has 1 aromatic carbocycles. The number of halogens is 1. The van der Waals surface area contributed by atoms with Crippen LogP contribution in [0.1, 0.15) is 11.5 Å². The number of nitrogens with two attached hydrogens (primary N) is 1. The van der Waals surface area contributed by atoms with Gasteiger partial charge in [-0.3, -0.25) is 0 Å². The maximum Gasteiger partial charge on any atom is 0.114 e. The molecule has 6 heteroatoms. The van der Waals surface area contributed by atoms with E-state index in [9.17, 15) is 10.5 Å². The molecule has 0 spiro atoms. The minimum atomic E-state index is -0.541. The summed E-state index contributed by atoms with van der Waals surface area (Å²) in [6.07, 6.45) is 0. The monoisotopic (exact) mass is 287 g/mol. The third-order valence-electron chi connectivity index (χ3n) is 2.80. The fourth-order valence-corrected chi connectivity index (χ4v) is 2.32. The number of benzene rings is 1.